The molecule has 0 radical (unpaired) electrons. The molecule has 0 amide bonds. The highest BCUT2D eigenvalue weighted by Crippen LogP contribution is 1.98. The normalized spacial score (nSPS) is 11.1. The topological polar surface area (TPSA) is 52.6 Å². The first-order valence-corrected chi connectivity index (χ1v) is 7.31. The predicted octanol–water partition coefficient (Wildman–Crippen LogP) is 3.57. The standard InChI is InChI=1S/C16H26O4/c1-3-5-7-9-13-19-15(17)11-12-16(18)20-14-10-8-6-4-2/h5-8H,3-4,9-14H2,1-2H3. The van der Waals surface area contributed by atoms with Gasteiger partial charge in [-0.2, -0.15) is 0 Å². The maximum absolute atomic E-state index is 11.3. The Balaban J connectivity index is 3.50. The zero-order valence-corrected chi connectivity index (χ0v) is 12.6. The van der Waals surface area contributed by atoms with E-state index in [9.17, 15) is 9.59 Å². The highest BCUT2D eigenvalue weighted by atomic mass is 16.5. The number of rotatable bonds is 11. The van der Waals surface area contributed by atoms with Gasteiger partial charge in [-0.15, -0.1) is 0 Å². The van der Waals surface area contributed by atoms with Gasteiger partial charge in [0.05, 0.1) is 26.1 Å². The molecule has 114 valence electrons. The molecule has 0 aromatic rings. The Hall–Kier alpha value is -1.58. The molecule has 0 N–H and O–H groups in total. The van der Waals surface area contributed by atoms with Crippen molar-refractivity contribution in [3.8, 4) is 0 Å². The van der Waals surface area contributed by atoms with Gasteiger partial charge in [-0.25, -0.2) is 0 Å². The minimum Gasteiger partial charge on any atom is -0.465 e. The number of allylic oxidation sites excluding steroid dienone is 2. The van der Waals surface area contributed by atoms with Crippen molar-refractivity contribution in [3.05, 3.63) is 24.3 Å². The zero-order chi connectivity index (χ0) is 15.1. The molecule has 0 aromatic heterocycles. The average Bonchev–Trinajstić information content (AvgIpc) is 2.44. The number of carbonyl (C=O) groups is 2. The first-order chi connectivity index (χ1) is 9.70. The van der Waals surface area contributed by atoms with Crippen molar-refractivity contribution in [3.63, 3.8) is 0 Å². The Morgan fingerprint density at radius 3 is 1.50 bits per heavy atom. The second kappa shape index (κ2) is 13.8. The van der Waals surface area contributed by atoms with Crippen LogP contribution >= 0.6 is 0 Å². The molecular formula is C16H26O4. The van der Waals surface area contributed by atoms with Crippen LogP contribution in [-0.4, -0.2) is 25.2 Å². The Morgan fingerprint density at radius 2 is 1.15 bits per heavy atom. The lowest BCUT2D eigenvalue weighted by Gasteiger charge is -2.04. The third-order valence-corrected chi connectivity index (χ3v) is 2.43. The SMILES string of the molecule is CCC=CCCOC(=O)CCC(=O)OCCC=CCC. The van der Waals surface area contributed by atoms with Crippen LogP contribution in [-0.2, 0) is 19.1 Å². The van der Waals surface area contributed by atoms with Gasteiger partial charge in [0.25, 0.3) is 0 Å². The first kappa shape index (κ1) is 18.4. The monoisotopic (exact) mass is 282 g/mol. The summed E-state index contributed by atoms with van der Waals surface area (Å²) in [5.74, 6) is -0.699. The maximum atomic E-state index is 11.3. The van der Waals surface area contributed by atoms with Crippen LogP contribution in [0.15, 0.2) is 24.3 Å². The third-order valence-electron chi connectivity index (χ3n) is 2.43. The molecule has 0 aromatic carbocycles. The zero-order valence-electron chi connectivity index (χ0n) is 12.6. The van der Waals surface area contributed by atoms with Crippen LogP contribution in [0.25, 0.3) is 0 Å². The highest BCUT2D eigenvalue weighted by Gasteiger charge is 2.08. The summed E-state index contributed by atoms with van der Waals surface area (Å²) in [6.45, 7) is 4.83. The van der Waals surface area contributed by atoms with E-state index in [1.807, 2.05) is 38.2 Å². The van der Waals surface area contributed by atoms with Gasteiger partial charge >= 0.3 is 11.9 Å². The molecule has 0 fully saturated rings. The van der Waals surface area contributed by atoms with E-state index in [0.29, 0.717) is 26.1 Å². The molecule has 0 unspecified atom stereocenters. The molecule has 0 heterocycles. The van der Waals surface area contributed by atoms with Crippen molar-refractivity contribution in [1.29, 1.82) is 0 Å². The van der Waals surface area contributed by atoms with Crippen molar-refractivity contribution >= 4 is 11.9 Å². The van der Waals surface area contributed by atoms with Crippen LogP contribution in [0.2, 0.25) is 0 Å². The minimum absolute atomic E-state index is 0.0844. The van der Waals surface area contributed by atoms with Crippen molar-refractivity contribution in [2.45, 2.75) is 52.4 Å². The van der Waals surface area contributed by atoms with Gasteiger partial charge in [0.1, 0.15) is 0 Å². The van der Waals surface area contributed by atoms with Crippen molar-refractivity contribution in [2.24, 2.45) is 0 Å². The molecule has 0 spiro atoms. The van der Waals surface area contributed by atoms with Gasteiger partial charge in [-0.05, 0) is 25.7 Å². The van der Waals surface area contributed by atoms with Gasteiger partial charge in [-0.3, -0.25) is 9.59 Å². The number of hydrogen-bond donors (Lipinski definition) is 0. The minimum atomic E-state index is -0.349. The molecule has 0 aliphatic rings. The number of carbonyl (C=O) groups excluding carboxylic acids is 2. The van der Waals surface area contributed by atoms with Crippen LogP contribution in [0.1, 0.15) is 52.4 Å². The molecule has 4 heteroatoms. The summed E-state index contributed by atoms with van der Waals surface area (Å²) in [7, 11) is 0. The van der Waals surface area contributed by atoms with E-state index in [-0.39, 0.29) is 24.8 Å². The lowest BCUT2D eigenvalue weighted by molar-refractivity contribution is -0.150. The number of esters is 2. The molecule has 0 saturated heterocycles. The second-order valence-electron chi connectivity index (χ2n) is 4.28. The van der Waals surface area contributed by atoms with Gasteiger partial charge in [0.15, 0.2) is 0 Å². The Kier molecular flexibility index (Phi) is 12.7. The number of ether oxygens (including phenoxy) is 2. The van der Waals surface area contributed by atoms with E-state index in [1.165, 1.54) is 0 Å². The van der Waals surface area contributed by atoms with Crippen LogP contribution in [0.3, 0.4) is 0 Å². The van der Waals surface area contributed by atoms with E-state index in [1.54, 1.807) is 0 Å². The molecule has 0 atom stereocenters. The molecular weight excluding hydrogens is 256 g/mol. The fourth-order valence-corrected chi connectivity index (χ4v) is 1.40. The lowest BCUT2D eigenvalue weighted by atomic mass is 10.3. The van der Waals surface area contributed by atoms with Crippen LogP contribution in [0.5, 0.6) is 0 Å². The number of hydrogen-bond acceptors (Lipinski definition) is 4. The summed E-state index contributed by atoms with van der Waals surface area (Å²) >= 11 is 0. The summed E-state index contributed by atoms with van der Waals surface area (Å²) in [4.78, 5) is 22.7. The molecule has 4 nitrogen and oxygen atoms in total. The Bertz CT molecular complexity index is 286. The molecule has 0 aliphatic carbocycles. The van der Waals surface area contributed by atoms with Gasteiger partial charge in [0.2, 0.25) is 0 Å². The van der Waals surface area contributed by atoms with Crippen molar-refractivity contribution in [1.82, 2.24) is 0 Å². The summed E-state index contributed by atoms with van der Waals surface area (Å²) in [6, 6.07) is 0. The van der Waals surface area contributed by atoms with E-state index in [4.69, 9.17) is 9.47 Å². The Morgan fingerprint density at radius 1 is 0.750 bits per heavy atom. The van der Waals surface area contributed by atoms with Gasteiger partial charge in [-0.1, -0.05) is 38.2 Å². The Labute approximate surface area is 121 Å². The maximum Gasteiger partial charge on any atom is 0.306 e. The lowest BCUT2D eigenvalue weighted by Crippen LogP contribution is -2.11. The second-order valence-corrected chi connectivity index (χ2v) is 4.28. The average molecular weight is 282 g/mol. The fourth-order valence-electron chi connectivity index (χ4n) is 1.40. The van der Waals surface area contributed by atoms with Crippen LogP contribution < -0.4 is 0 Å². The summed E-state index contributed by atoms with van der Waals surface area (Å²) in [6.07, 6.45) is 11.6. The largest absolute Gasteiger partial charge is 0.465 e. The van der Waals surface area contributed by atoms with E-state index >= 15 is 0 Å². The molecule has 0 rings (SSSR count). The van der Waals surface area contributed by atoms with Crippen molar-refractivity contribution in [2.75, 3.05) is 13.2 Å². The molecule has 0 bridgehead atoms. The molecule has 0 saturated carbocycles. The smallest absolute Gasteiger partial charge is 0.306 e. The van der Waals surface area contributed by atoms with E-state index in [0.717, 1.165) is 12.8 Å². The fraction of sp³-hybridized carbons (Fsp3) is 0.625. The van der Waals surface area contributed by atoms with E-state index < -0.39 is 0 Å². The molecule has 20 heavy (non-hydrogen) atoms. The van der Waals surface area contributed by atoms with Crippen LogP contribution in [0, 0.1) is 0 Å². The highest BCUT2D eigenvalue weighted by molar-refractivity contribution is 5.77. The first-order valence-electron chi connectivity index (χ1n) is 7.31. The van der Waals surface area contributed by atoms with E-state index in [2.05, 4.69) is 0 Å². The predicted molar refractivity (Wildman–Crippen MR) is 79.2 cm³/mol. The van der Waals surface area contributed by atoms with Crippen LogP contribution in [0.4, 0.5) is 0 Å². The van der Waals surface area contributed by atoms with Gasteiger partial charge in [0, 0.05) is 0 Å². The molecule has 0 aliphatic heterocycles. The third kappa shape index (κ3) is 12.9. The quantitative estimate of drug-likeness (QED) is 0.330. The summed E-state index contributed by atoms with van der Waals surface area (Å²) in [5.41, 5.74) is 0. The summed E-state index contributed by atoms with van der Waals surface area (Å²) in [5, 5.41) is 0. The van der Waals surface area contributed by atoms with Crippen molar-refractivity contribution < 1.29 is 19.1 Å². The van der Waals surface area contributed by atoms with Gasteiger partial charge < -0.3 is 9.47 Å². The summed E-state index contributed by atoms with van der Waals surface area (Å²) < 4.78 is 9.97.